The van der Waals surface area contributed by atoms with E-state index >= 15 is 0 Å². The number of benzene rings is 1. The van der Waals surface area contributed by atoms with Crippen LogP contribution in [0.15, 0.2) is 30.5 Å². The zero-order chi connectivity index (χ0) is 19.8. The van der Waals surface area contributed by atoms with Gasteiger partial charge in [-0.3, -0.25) is 4.68 Å². The lowest BCUT2D eigenvalue weighted by Crippen LogP contribution is -2.41. The van der Waals surface area contributed by atoms with Crippen molar-refractivity contribution in [3.63, 3.8) is 0 Å². The van der Waals surface area contributed by atoms with E-state index in [0.29, 0.717) is 17.3 Å². The number of rotatable bonds is 6. The largest absolute Gasteiger partial charge is 0.495 e. The van der Waals surface area contributed by atoms with E-state index in [1.807, 2.05) is 44.6 Å². The number of nitrogens with zero attached hydrogens (tertiary/aromatic N) is 2. The Morgan fingerprint density at radius 3 is 2.48 bits per heavy atom. The highest BCUT2D eigenvalue weighted by Crippen LogP contribution is 2.36. The summed E-state index contributed by atoms with van der Waals surface area (Å²) < 4.78 is 33.8. The molecule has 0 N–H and O–H groups in total. The molecule has 7 heteroatoms. The van der Waals surface area contributed by atoms with Gasteiger partial charge in [-0.15, -0.1) is 0 Å². The van der Waals surface area contributed by atoms with E-state index in [0.717, 1.165) is 12.1 Å². The maximum Gasteiger partial charge on any atom is 0.495 e. The zero-order valence-corrected chi connectivity index (χ0v) is 17.0. The van der Waals surface area contributed by atoms with Gasteiger partial charge in [-0.2, -0.15) is 5.10 Å². The number of hydrogen-bond acceptors (Lipinski definition) is 4. The summed E-state index contributed by atoms with van der Waals surface area (Å²) in [4.78, 5) is 0. The molecule has 3 rings (SSSR count). The van der Waals surface area contributed by atoms with Gasteiger partial charge in [-0.25, -0.2) is 4.39 Å². The third kappa shape index (κ3) is 4.19. The van der Waals surface area contributed by atoms with Crippen molar-refractivity contribution < 1.29 is 18.4 Å². The Morgan fingerprint density at radius 2 is 1.85 bits per heavy atom. The van der Waals surface area contributed by atoms with Crippen LogP contribution in [0.4, 0.5) is 4.39 Å². The van der Waals surface area contributed by atoms with Gasteiger partial charge in [0.1, 0.15) is 18.2 Å². The first kappa shape index (κ1) is 19.9. The minimum absolute atomic E-state index is 0.274. The molecule has 2 aromatic rings. The Bertz CT molecular complexity index is 790. The monoisotopic (exact) mass is 374 g/mol. The first-order valence-electron chi connectivity index (χ1n) is 9.44. The van der Waals surface area contributed by atoms with E-state index < -0.39 is 18.3 Å². The van der Waals surface area contributed by atoms with Crippen LogP contribution in [0, 0.1) is 5.82 Å². The Morgan fingerprint density at radius 1 is 1.19 bits per heavy atom. The van der Waals surface area contributed by atoms with Crippen LogP contribution in [0.1, 0.15) is 59.7 Å². The number of halogens is 1. The van der Waals surface area contributed by atoms with Gasteiger partial charge < -0.3 is 14.0 Å². The van der Waals surface area contributed by atoms with E-state index in [-0.39, 0.29) is 12.4 Å². The molecule has 146 valence electrons. The van der Waals surface area contributed by atoms with Crippen molar-refractivity contribution in [2.45, 2.75) is 71.8 Å². The zero-order valence-electron chi connectivity index (χ0n) is 17.0. The molecule has 1 aliphatic rings. The SMILES string of the molecule is CCC(C)n1ccc(COc2cc(F)cc(B3OC(C)(C)C(C)(C)O3)c2)n1. The van der Waals surface area contributed by atoms with Crippen LogP contribution in [-0.4, -0.2) is 28.1 Å². The van der Waals surface area contributed by atoms with Gasteiger partial charge in [0.15, 0.2) is 0 Å². The van der Waals surface area contributed by atoms with E-state index in [1.165, 1.54) is 12.1 Å². The molecule has 1 fully saturated rings. The first-order chi connectivity index (χ1) is 12.6. The van der Waals surface area contributed by atoms with Gasteiger partial charge in [0.25, 0.3) is 0 Å². The normalized spacial score (nSPS) is 19.3. The highest BCUT2D eigenvalue weighted by Gasteiger charge is 2.51. The van der Waals surface area contributed by atoms with Crippen molar-refractivity contribution in [1.82, 2.24) is 9.78 Å². The molecular weight excluding hydrogens is 346 g/mol. The molecule has 1 saturated heterocycles. The lowest BCUT2D eigenvalue weighted by molar-refractivity contribution is 0.00578. The topological polar surface area (TPSA) is 45.5 Å². The lowest BCUT2D eigenvalue weighted by atomic mass is 9.79. The van der Waals surface area contributed by atoms with Gasteiger partial charge in [0.05, 0.1) is 16.9 Å². The molecule has 0 spiro atoms. The quantitative estimate of drug-likeness (QED) is 0.720. The predicted octanol–water partition coefficient (Wildman–Crippen LogP) is 3.87. The summed E-state index contributed by atoms with van der Waals surface area (Å²) in [5.74, 6) is 0.0418. The van der Waals surface area contributed by atoms with Gasteiger partial charge in [-0.05, 0) is 64.7 Å². The average molecular weight is 374 g/mol. The van der Waals surface area contributed by atoms with Crippen molar-refractivity contribution in [3.05, 3.63) is 42.0 Å². The Hall–Kier alpha value is -1.86. The van der Waals surface area contributed by atoms with Crippen molar-refractivity contribution in [2.75, 3.05) is 0 Å². The van der Waals surface area contributed by atoms with Crippen LogP contribution in [0.5, 0.6) is 5.75 Å². The minimum atomic E-state index is -0.627. The molecule has 1 aromatic heterocycles. The van der Waals surface area contributed by atoms with Crippen molar-refractivity contribution >= 4 is 12.6 Å². The summed E-state index contributed by atoms with van der Waals surface area (Å²) >= 11 is 0. The second-order valence-electron chi connectivity index (χ2n) is 8.14. The molecule has 0 bridgehead atoms. The lowest BCUT2D eigenvalue weighted by Gasteiger charge is -2.32. The molecule has 0 saturated carbocycles. The third-order valence-corrected chi connectivity index (χ3v) is 5.51. The summed E-state index contributed by atoms with van der Waals surface area (Å²) in [5.41, 5.74) is 0.451. The molecule has 2 heterocycles. The van der Waals surface area contributed by atoms with Gasteiger partial charge >= 0.3 is 7.12 Å². The van der Waals surface area contributed by atoms with E-state index in [1.54, 1.807) is 6.07 Å². The molecule has 0 radical (unpaired) electrons. The Kier molecular flexibility index (Phi) is 5.37. The number of ether oxygens (including phenoxy) is 1. The molecular formula is C20H28BFN2O3. The van der Waals surface area contributed by atoms with Crippen LogP contribution in [0.25, 0.3) is 0 Å². The molecule has 1 unspecified atom stereocenters. The average Bonchev–Trinajstić information content (AvgIpc) is 3.14. The second kappa shape index (κ2) is 7.28. The molecule has 0 aliphatic carbocycles. The molecule has 1 aliphatic heterocycles. The van der Waals surface area contributed by atoms with Gasteiger partial charge in [0.2, 0.25) is 0 Å². The third-order valence-electron chi connectivity index (χ3n) is 5.51. The van der Waals surface area contributed by atoms with Crippen molar-refractivity contribution in [2.24, 2.45) is 0 Å². The number of aromatic nitrogens is 2. The predicted molar refractivity (Wildman–Crippen MR) is 104 cm³/mol. The fraction of sp³-hybridized carbons (Fsp3) is 0.550. The van der Waals surface area contributed by atoms with E-state index in [4.69, 9.17) is 14.0 Å². The second-order valence-corrected chi connectivity index (χ2v) is 8.14. The Balaban J connectivity index is 1.72. The molecule has 1 aromatic carbocycles. The van der Waals surface area contributed by atoms with Gasteiger partial charge in [-0.1, -0.05) is 6.92 Å². The first-order valence-corrected chi connectivity index (χ1v) is 9.44. The maximum absolute atomic E-state index is 14.1. The summed E-state index contributed by atoms with van der Waals surface area (Å²) in [7, 11) is -0.627. The van der Waals surface area contributed by atoms with Crippen LogP contribution in [0.3, 0.4) is 0 Å². The van der Waals surface area contributed by atoms with E-state index in [9.17, 15) is 4.39 Å². The smallest absolute Gasteiger partial charge is 0.487 e. The molecule has 0 amide bonds. The molecule has 1 atom stereocenters. The maximum atomic E-state index is 14.1. The van der Waals surface area contributed by atoms with Crippen LogP contribution in [-0.2, 0) is 15.9 Å². The van der Waals surface area contributed by atoms with E-state index in [2.05, 4.69) is 18.9 Å². The van der Waals surface area contributed by atoms with Crippen molar-refractivity contribution in [1.29, 1.82) is 0 Å². The summed E-state index contributed by atoms with van der Waals surface area (Å²) in [6.07, 6.45) is 2.94. The molecule has 27 heavy (non-hydrogen) atoms. The highest BCUT2D eigenvalue weighted by molar-refractivity contribution is 6.62. The fourth-order valence-electron chi connectivity index (χ4n) is 2.83. The summed E-state index contributed by atoms with van der Waals surface area (Å²) in [5, 5.41) is 4.50. The molecule has 5 nitrogen and oxygen atoms in total. The van der Waals surface area contributed by atoms with Crippen LogP contribution >= 0.6 is 0 Å². The van der Waals surface area contributed by atoms with Gasteiger partial charge in [0, 0.05) is 18.3 Å². The van der Waals surface area contributed by atoms with Crippen LogP contribution in [0.2, 0.25) is 0 Å². The Labute approximate surface area is 161 Å². The number of hydrogen-bond donors (Lipinski definition) is 0. The highest BCUT2D eigenvalue weighted by atomic mass is 19.1. The fourth-order valence-corrected chi connectivity index (χ4v) is 2.83. The van der Waals surface area contributed by atoms with Crippen LogP contribution < -0.4 is 10.2 Å². The van der Waals surface area contributed by atoms with Crippen molar-refractivity contribution in [3.8, 4) is 5.75 Å². The summed E-state index contributed by atoms with van der Waals surface area (Å²) in [6, 6.07) is 6.80. The minimum Gasteiger partial charge on any atom is -0.487 e. The summed E-state index contributed by atoms with van der Waals surface area (Å²) in [6.45, 7) is 12.4. The standard InChI is InChI=1S/C20H28BFN2O3/c1-7-14(2)24-9-8-17(23-24)13-25-18-11-15(10-16(22)12-18)21-26-19(3,4)20(5,6)27-21/h8-12,14H,7,13H2,1-6H3.